The van der Waals surface area contributed by atoms with Gasteiger partial charge in [-0.25, -0.2) is 4.79 Å². The lowest BCUT2D eigenvalue weighted by Crippen LogP contribution is -2.47. The van der Waals surface area contributed by atoms with E-state index < -0.39 is 18.1 Å². The molecule has 7 heteroatoms. The normalized spacial score (nSPS) is 19.1. The second-order valence-corrected chi connectivity index (χ2v) is 5.60. The smallest absolute Gasteiger partial charge is 0.327 e. The summed E-state index contributed by atoms with van der Waals surface area (Å²) >= 11 is 1.43. The third-order valence-corrected chi connectivity index (χ3v) is 4.18. The largest absolute Gasteiger partial charge is 0.497 e. The standard InChI is InChI=1S/C14H17NO5S/c1-9(20-11-5-3-10(19-2)4-6-11)13(16)15-8-21-7-12(15)14(17)18/h3-6,9,12H,7-8H2,1-2H3,(H,17,18). The first-order valence-electron chi connectivity index (χ1n) is 6.44. The number of hydrogen-bond donors (Lipinski definition) is 1. The number of carboxylic acids is 1. The van der Waals surface area contributed by atoms with Crippen LogP contribution in [0.2, 0.25) is 0 Å². The van der Waals surface area contributed by atoms with E-state index in [1.165, 1.54) is 16.7 Å². The zero-order valence-corrected chi connectivity index (χ0v) is 12.6. The van der Waals surface area contributed by atoms with Gasteiger partial charge < -0.3 is 19.5 Å². The molecule has 0 bridgehead atoms. The van der Waals surface area contributed by atoms with Crippen molar-refractivity contribution in [3.05, 3.63) is 24.3 Å². The van der Waals surface area contributed by atoms with Gasteiger partial charge in [-0.05, 0) is 31.2 Å². The summed E-state index contributed by atoms with van der Waals surface area (Å²) in [6.45, 7) is 1.62. The summed E-state index contributed by atoms with van der Waals surface area (Å²) in [5.41, 5.74) is 0. The van der Waals surface area contributed by atoms with Crippen molar-refractivity contribution in [1.82, 2.24) is 4.90 Å². The molecule has 114 valence electrons. The summed E-state index contributed by atoms with van der Waals surface area (Å²) in [6, 6.07) is 6.10. The highest BCUT2D eigenvalue weighted by molar-refractivity contribution is 7.99. The van der Waals surface area contributed by atoms with Crippen molar-refractivity contribution in [2.45, 2.75) is 19.1 Å². The first kappa shape index (κ1) is 15.5. The van der Waals surface area contributed by atoms with Crippen LogP contribution in [0.3, 0.4) is 0 Å². The maximum absolute atomic E-state index is 12.3. The molecule has 1 aromatic rings. The summed E-state index contributed by atoms with van der Waals surface area (Å²) in [7, 11) is 1.57. The fourth-order valence-corrected chi connectivity index (χ4v) is 3.16. The average molecular weight is 311 g/mol. The summed E-state index contributed by atoms with van der Waals surface area (Å²) in [6.07, 6.45) is -0.737. The monoisotopic (exact) mass is 311 g/mol. The number of nitrogens with zero attached hydrogens (tertiary/aromatic N) is 1. The Labute approximate surface area is 127 Å². The van der Waals surface area contributed by atoms with E-state index in [0.717, 1.165) is 0 Å². The molecular formula is C14H17NO5S. The quantitative estimate of drug-likeness (QED) is 0.887. The van der Waals surface area contributed by atoms with Crippen LogP contribution in [0.1, 0.15) is 6.92 Å². The molecule has 2 atom stereocenters. The number of carbonyl (C=O) groups is 2. The van der Waals surface area contributed by atoms with E-state index >= 15 is 0 Å². The maximum Gasteiger partial charge on any atom is 0.327 e. The predicted octanol–water partition coefficient (Wildman–Crippen LogP) is 1.45. The molecule has 0 aliphatic carbocycles. The Hall–Kier alpha value is -1.89. The lowest BCUT2D eigenvalue weighted by atomic mass is 10.2. The number of rotatable bonds is 5. The van der Waals surface area contributed by atoms with Crippen molar-refractivity contribution in [2.75, 3.05) is 18.7 Å². The Kier molecular flexibility index (Phi) is 4.95. The van der Waals surface area contributed by atoms with Crippen LogP contribution in [0.5, 0.6) is 11.5 Å². The van der Waals surface area contributed by atoms with E-state index in [1.54, 1.807) is 38.3 Å². The summed E-state index contributed by atoms with van der Waals surface area (Å²) in [5, 5.41) is 9.10. The minimum Gasteiger partial charge on any atom is -0.497 e. The number of hydrogen-bond acceptors (Lipinski definition) is 5. The third-order valence-electron chi connectivity index (χ3n) is 3.17. The molecule has 2 rings (SSSR count). The van der Waals surface area contributed by atoms with Crippen LogP contribution < -0.4 is 9.47 Å². The molecule has 1 aliphatic rings. The first-order valence-corrected chi connectivity index (χ1v) is 7.60. The Morgan fingerprint density at radius 3 is 2.52 bits per heavy atom. The first-order chi connectivity index (χ1) is 10.0. The van der Waals surface area contributed by atoms with Gasteiger partial charge in [0.1, 0.15) is 17.5 Å². The molecule has 1 aliphatic heterocycles. The Morgan fingerprint density at radius 1 is 1.33 bits per heavy atom. The van der Waals surface area contributed by atoms with Crippen molar-refractivity contribution in [3.8, 4) is 11.5 Å². The molecular weight excluding hydrogens is 294 g/mol. The van der Waals surface area contributed by atoms with Crippen LogP contribution >= 0.6 is 11.8 Å². The zero-order valence-electron chi connectivity index (χ0n) is 11.8. The zero-order chi connectivity index (χ0) is 15.4. The second kappa shape index (κ2) is 6.71. The highest BCUT2D eigenvalue weighted by atomic mass is 32.2. The number of carboxylic acid groups (broad SMARTS) is 1. The van der Waals surface area contributed by atoms with E-state index in [-0.39, 0.29) is 5.91 Å². The SMILES string of the molecule is COc1ccc(OC(C)C(=O)N2CSCC2C(=O)O)cc1. The minimum atomic E-state index is -0.981. The fourth-order valence-electron chi connectivity index (χ4n) is 2.01. The number of aliphatic carboxylic acids is 1. The highest BCUT2D eigenvalue weighted by Gasteiger charge is 2.37. The minimum absolute atomic E-state index is 0.316. The van der Waals surface area contributed by atoms with Gasteiger partial charge in [0.05, 0.1) is 13.0 Å². The third kappa shape index (κ3) is 3.60. The molecule has 1 heterocycles. The lowest BCUT2D eigenvalue weighted by Gasteiger charge is -2.24. The topological polar surface area (TPSA) is 76.1 Å². The van der Waals surface area contributed by atoms with E-state index in [2.05, 4.69) is 0 Å². The van der Waals surface area contributed by atoms with Crippen LogP contribution in [-0.2, 0) is 9.59 Å². The predicted molar refractivity (Wildman–Crippen MR) is 78.7 cm³/mol. The van der Waals surface area contributed by atoms with Crippen molar-refractivity contribution in [2.24, 2.45) is 0 Å². The molecule has 21 heavy (non-hydrogen) atoms. The van der Waals surface area contributed by atoms with Crippen molar-refractivity contribution in [3.63, 3.8) is 0 Å². The molecule has 1 N–H and O–H groups in total. The molecule has 1 amide bonds. The number of benzene rings is 1. The van der Waals surface area contributed by atoms with Gasteiger partial charge in [-0.3, -0.25) is 4.79 Å². The fraction of sp³-hybridized carbons (Fsp3) is 0.429. The van der Waals surface area contributed by atoms with Gasteiger partial charge >= 0.3 is 5.97 Å². The average Bonchev–Trinajstić information content (AvgIpc) is 2.96. The molecule has 6 nitrogen and oxygen atoms in total. The van der Waals surface area contributed by atoms with Crippen molar-refractivity contribution >= 4 is 23.6 Å². The summed E-state index contributed by atoms with van der Waals surface area (Å²) < 4.78 is 10.6. The van der Waals surface area contributed by atoms with E-state index in [9.17, 15) is 9.59 Å². The van der Waals surface area contributed by atoms with Crippen LogP contribution in [0, 0.1) is 0 Å². The van der Waals surface area contributed by atoms with Gasteiger partial charge in [-0.15, -0.1) is 11.8 Å². The molecule has 1 saturated heterocycles. The number of methoxy groups -OCH3 is 1. The van der Waals surface area contributed by atoms with Gasteiger partial charge in [0.2, 0.25) is 0 Å². The molecule has 0 spiro atoms. The lowest BCUT2D eigenvalue weighted by molar-refractivity contribution is -0.150. The van der Waals surface area contributed by atoms with E-state index in [0.29, 0.717) is 23.1 Å². The molecule has 0 radical (unpaired) electrons. The highest BCUT2D eigenvalue weighted by Crippen LogP contribution is 2.24. The van der Waals surface area contributed by atoms with Gasteiger partial charge in [0, 0.05) is 5.75 Å². The van der Waals surface area contributed by atoms with E-state index in [4.69, 9.17) is 14.6 Å². The Morgan fingerprint density at radius 2 is 1.95 bits per heavy atom. The van der Waals surface area contributed by atoms with Gasteiger partial charge in [0.15, 0.2) is 6.10 Å². The van der Waals surface area contributed by atoms with Crippen LogP contribution in [-0.4, -0.2) is 52.8 Å². The molecule has 2 unspecified atom stereocenters. The number of thioether (sulfide) groups is 1. The summed E-state index contributed by atoms with van der Waals surface area (Å²) in [4.78, 5) is 24.7. The van der Waals surface area contributed by atoms with Gasteiger partial charge in [-0.1, -0.05) is 0 Å². The Bertz CT molecular complexity index is 519. The maximum atomic E-state index is 12.3. The Balaban J connectivity index is 2.00. The van der Waals surface area contributed by atoms with Crippen LogP contribution in [0.4, 0.5) is 0 Å². The van der Waals surface area contributed by atoms with Crippen molar-refractivity contribution in [1.29, 1.82) is 0 Å². The van der Waals surface area contributed by atoms with E-state index in [1.807, 2.05) is 0 Å². The molecule has 1 aromatic carbocycles. The molecule has 0 aromatic heterocycles. The number of carbonyl (C=O) groups excluding carboxylic acids is 1. The van der Waals surface area contributed by atoms with Crippen molar-refractivity contribution < 1.29 is 24.2 Å². The van der Waals surface area contributed by atoms with Gasteiger partial charge in [-0.2, -0.15) is 0 Å². The van der Waals surface area contributed by atoms with Crippen LogP contribution in [0.25, 0.3) is 0 Å². The number of ether oxygens (including phenoxy) is 2. The van der Waals surface area contributed by atoms with Crippen LogP contribution in [0.15, 0.2) is 24.3 Å². The molecule has 1 fully saturated rings. The van der Waals surface area contributed by atoms with Gasteiger partial charge in [0.25, 0.3) is 5.91 Å². The molecule has 0 saturated carbocycles. The number of amides is 1. The second-order valence-electron chi connectivity index (χ2n) is 4.60. The summed E-state index contributed by atoms with van der Waals surface area (Å²) in [5.74, 6) is 0.731.